The van der Waals surface area contributed by atoms with E-state index in [2.05, 4.69) is 11.1 Å². The molecule has 1 aromatic carbocycles. The first kappa shape index (κ1) is 9.22. The number of fused-ring (bicyclic) bond motifs is 1. The summed E-state index contributed by atoms with van der Waals surface area (Å²) >= 11 is 0. The third-order valence-corrected chi connectivity index (χ3v) is 2.98. The van der Waals surface area contributed by atoms with Crippen LogP contribution in [0.5, 0.6) is 0 Å². The maximum atomic E-state index is 11.7. The molecule has 0 atom stereocenters. The van der Waals surface area contributed by atoms with Crippen molar-refractivity contribution in [2.75, 3.05) is 0 Å². The highest BCUT2D eigenvalue weighted by molar-refractivity contribution is 5.76. The average molecular weight is 213 g/mol. The monoisotopic (exact) mass is 213 g/mol. The van der Waals surface area contributed by atoms with E-state index in [1.807, 2.05) is 22.8 Å². The van der Waals surface area contributed by atoms with Crippen LogP contribution in [0.1, 0.15) is 24.4 Å². The van der Waals surface area contributed by atoms with E-state index >= 15 is 0 Å². The van der Waals surface area contributed by atoms with Crippen molar-refractivity contribution >= 4 is 11.0 Å². The van der Waals surface area contributed by atoms with Gasteiger partial charge in [0.1, 0.15) is 0 Å². The molecule has 1 heterocycles. The van der Waals surface area contributed by atoms with Crippen LogP contribution in [-0.2, 0) is 6.42 Å². The summed E-state index contributed by atoms with van der Waals surface area (Å²) in [6.07, 6.45) is 2.56. The zero-order valence-corrected chi connectivity index (χ0v) is 8.73. The minimum Gasteiger partial charge on any atom is -0.306 e. The quantitative estimate of drug-likeness (QED) is 0.825. The van der Waals surface area contributed by atoms with Crippen LogP contribution in [0.4, 0.5) is 0 Å². The highest BCUT2D eigenvalue weighted by Gasteiger charge is 2.26. The summed E-state index contributed by atoms with van der Waals surface area (Å²) in [4.78, 5) is 14.6. The number of nitrogens with zero attached hydrogens (tertiary/aromatic N) is 2. The SMILES string of the molecule is N#CCc1ccc2c(c1)[nH]c(=O)n2C1CC1. The van der Waals surface area contributed by atoms with E-state index in [0.29, 0.717) is 12.5 Å². The molecule has 1 aliphatic rings. The predicted molar refractivity (Wildman–Crippen MR) is 60.1 cm³/mol. The first-order valence-corrected chi connectivity index (χ1v) is 5.39. The smallest absolute Gasteiger partial charge is 0.306 e. The van der Waals surface area contributed by atoms with Gasteiger partial charge in [0.05, 0.1) is 23.5 Å². The van der Waals surface area contributed by atoms with E-state index in [0.717, 1.165) is 29.4 Å². The van der Waals surface area contributed by atoms with Crippen molar-refractivity contribution in [2.24, 2.45) is 0 Å². The largest absolute Gasteiger partial charge is 0.326 e. The van der Waals surface area contributed by atoms with Crippen molar-refractivity contribution in [1.82, 2.24) is 9.55 Å². The molecule has 3 rings (SSSR count). The van der Waals surface area contributed by atoms with Crippen LogP contribution < -0.4 is 5.69 Å². The van der Waals surface area contributed by atoms with E-state index in [9.17, 15) is 4.79 Å². The van der Waals surface area contributed by atoms with Crippen LogP contribution in [-0.4, -0.2) is 9.55 Å². The van der Waals surface area contributed by atoms with Gasteiger partial charge in [-0.3, -0.25) is 4.57 Å². The number of hydrogen-bond donors (Lipinski definition) is 1. The van der Waals surface area contributed by atoms with E-state index in [4.69, 9.17) is 5.26 Å². The molecule has 0 aliphatic heterocycles. The molecule has 0 spiro atoms. The highest BCUT2D eigenvalue weighted by atomic mass is 16.1. The molecule has 80 valence electrons. The Morgan fingerprint density at radius 1 is 1.50 bits per heavy atom. The van der Waals surface area contributed by atoms with Crippen LogP contribution in [0.3, 0.4) is 0 Å². The summed E-state index contributed by atoms with van der Waals surface area (Å²) in [5.41, 5.74) is 2.70. The van der Waals surface area contributed by atoms with Crippen LogP contribution in [0.15, 0.2) is 23.0 Å². The Kier molecular flexibility index (Phi) is 1.87. The Morgan fingerprint density at radius 2 is 2.31 bits per heavy atom. The number of benzene rings is 1. The lowest BCUT2D eigenvalue weighted by atomic mass is 10.1. The lowest BCUT2D eigenvalue weighted by Gasteiger charge is -2.00. The van der Waals surface area contributed by atoms with Gasteiger partial charge in [-0.05, 0) is 30.5 Å². The van der Waals surface area contributed by atoms with Crippen LogP contribution >= 0.6 is 0 Å². The van der Waals surface area contributed by atoms with Gasteiger partial charge >= 0.3 is 5.69 Å². The fourth-order valence-corrected chi connectivity index (χ4v) is 2.07. The molecule has 1 N–H and O–H groups in total. The van der Waals surface area contributed by atoms with Crippen LogP contribution in [0, 0.1) is 11.3 Å². The van der Waals surface area contributed by atoms with E-state index in [1.54, 1.807) is 0 Å². The molecule has 0 unspecified atom stereocenters. The van der Waals surface area contributed by atoms with Gasteiger partial charge in [-0.15, -0.1) is 0 Å². The van der Waals surface area contributed by atoms with Crippen LogP contribution in [0.2, 0.25) is 0 Å². The number of rotatable bonds is 2. The number of aromatic nitrogens is 2. The van der Waals surface area contributed by atoms with Gasteiger partial charge in [0, 0.05) is 6.04 Å². The van der Waals surface area contributed by atoms with E-state index in [1.165, 1.54) is 0 Å². The Balaban J connectivity index is 2.20. The Bertz CT molecular complexity index is 640. The van der Waals surface area contributed by atoms with Gasteiger partial charge in [0.25, 0.3) is 0 Å². The molecule has 0 bridgehead atoms. The number of aromatic amines is 1. The van der Waals surface area contributed by atoms with Gasteiger partial charge in [0.2, 0.25) is 0 Å². The van der Waals surface area contributed by atoms with Gasteiger partial charge < -0.3 is 4.98 Å². The van der Waals surface area contributed by atoms with E-state index < -0.39 is 0 Å². The zero-order chi connectivity index (χ0) is 11.1. The number of nitrogens with one attached hydrogen (secondary N) is 1. The maximum Gasteiger partial charge on any atom is 0.326 e. The standard InChI is InChI=1S/C12H11N3O/c13-6-5-8-1-4-11-10(7-8)14-12(16)15(11)9-2-3-9/h1,4,7,9H,2-3,5H2,(H,14,16). The summed E-state index contributed by atoms with van der Waals surface area (Å²) < 4.78 is 1.82. The van der Waals surface area contributed by atoms with Crippen molar-refractivity contribution in [2.45, 2.75) is 25.3 Å². The normalized spacial score (nSPS) is 15.2. The molecule has 0 radical (unpaired) electrons. The molecule has 4 nitrogen and oxygen atoms in total. The molecular formula is C12H11N3O. The lowest BCUT2D eigenvalue weighted by Crippen LogP contribution is -2.14. The predicted octanol–water partition coefficient (Wildman–Crippen LogP) is 1.73. The summed E-state index contributed by atoms with van der Waals surface area (Å²) in [6, 6.07) is 8.22. The minimum absolute atomic E-state index is 0.0355. The summed E-state index contributed by atoms with van der Waals surface area (Å²) in [6.45, 7) is 0. The number of imidazole rings is 1. The van der Waals surface area contributed by atoms with Crippen molar-refractivity contribution in [3.05, 3.63) is 34.2 Å². The van der Waals surface area contributed by atoms with Crippen molar-refractivity contribution in [1.29, 1.82) is 5.26 Å². The Morgan fingerprint density at radius 3 is 3.00 bits per heavy atom. The lowest BCUT2D eigenvalue weighted by molar-refractivity contribution is 0.733. The molecule has 2 aromatic rings. The third-order valence-electron chi connectivity index (χ3n) is 2.98. The molecule has 0 saturated heterocycles. The molecule has 1 aliphatic carbocycles. The van der Waals surface area contributed by atoms with Crippen molar-refractivity contribution in [3.63, 3.8) is 0 Å². The molecule has 1 aromatic heterocycles. The van der Waals surface area contributed by atoms with Gasteiger partial charge in [-0.2, -0.15) is 5.26 Å². The maximum absolute atomic E-state index is 11.7. The second-order valence-corrected chi connectivity index (χ2v) is 4.22. The first-order valence-electron chi connectivity index (χ1n) is 5.39. The van der Waals surface area contributed by atoms with Crippen molar-refractivity contribution in [3.8, 4) is 6.07 Å². The Labute approximate surface area is 92.1 Å². The summed E-state index contributed by atoms with van der Waals surface area (Å²) in [5, 5.41) is 8.62. The fourth-order valence-electron chi connectivity index (χ4n) is 2.07. The summed E-state index contributed by atoms with van der Waals surface area (Å²) in [5.74, 6) is 0. The molecular weight excluding hydrogens is 202 g/mol. The second kappa shape index (κ2) is 3.24. The van der Waals surface area contributed by atoms with Gasteiger partial charge in [0.15, 0.2) is 0 Å². The number of H-pyrrole nitrogens is 1. The fraction of sp³-hybridized carbons (Fsp3) is 0.333. The topological polar surface area (TPSA) is 61.6 Å². The zero-order valence-electron chi connectivity index (χ0n) is 8.73. The molecule has 4 heteroatoms. The van der Waals surface area contributed by atoms with Gasteiger partial charge in [-0.25, -0.2) is 4.79 Å². The highest BCUT2D eigenvalue weighted by Crippen LogP contribution is 2.35. The molecule has 1 saturated carbocycles. The van der Waals surface area contributed by atoms with Crippen LogP contribution in [0.25, 0.3) is 11.0 Å². The third kappa shape index (κ3) is 1.33. The Hall–Kier alpha value is -2.02. The molecule has 16 heavy (non-hydrogen) atoms. The number of hydrogen-bond acceptors (Lipinski definition) is 2. The van der Waals surface area contributed by atoms with E-state index in [-0.39, 0.29) is 5.69 Å². The van der Waals surface area contributed by atoms with Gasteiger partial charge in [-0.1, -0.05) is 6.07 Å². The first-order chi connectivity index (χ1) is 7.79. The minimum atomic E-state index is -0.0355. The van der Waals surface area contributed by atoms with Crippen molar-refractivity contribution < 1.29 is 0 Å². The second-order valence-electron chi connectivity index (χ2n) is 4.22. The summed E-state index contributed by atoms with van der Waals surface area (Å²) in [7, 11) is 0. The molecule has 1 fully saturated rings. The molecule has 0 amide bonds. The average Bonchev–Trinajstić information content (AvgIpc) is 3.02. The number of nitriles is 1.